The lowest BCUT2D eigenvalue weighted by Gasteiger charge is -2.23. The molecule has 0 bridgehead atoms. The Labute approximate surface area is 132 Å². The van der Waals surface area contributed by atoms with Crippen molar-refractivity contribution in [3.05, 3.63) is 36.2 Å². The number of hydrogen-bond donors (Lipinski definition) is 2. The van der Waals surface area contributed by atoms with Gasteiger partial charge >= 0.3 is 0 Å². The normalized spacial score (nSPS) is 15.4. The first-order valence-corrected chi connectivity index (χ1v) is 7.62. The van der Waals surface area contributed by atoms with Gasteiger partial charge in [0.15, 0.2) is 5.82 Å². The number of nitrogens with two attached hydrogens (primary N) is 1. The molecule has 1 aliphatic carbocycles. The maximum Gasteiger partial charge on any atom is 0.242 e. The van der Waals surface area contributed by atoms with Gasteiger partial charge in [0.25, 0.3) is 0 Å². The molecule has 0 amide bonds. The molecular weight excluding hydrogens is 302 g/mol. The van der Waals surface area contributed by atoms with Crippen molar-refractivity contribution in [3.63, 3.8) is 0 Å². The predicted octanol–water partition coefficient (Wildman–Crippen LogP) is 3.79. The van der Waals surface area contributed by atoms with E-state index in [2.05, 4.69) is 15.3 Å². The molecule has 1 aromatic heterocycles. The zero-order valence-corrected chi connectivity index (χ0v) is 12.6. The first-order chi connectivity index (χ1) is 11.1. The van der Waals surface area contributed by atoms with Gasteiger partial charge in [0, 0.05) is 6.07 Å². The maximum atomic E-state index is 13.7. The van der Waals surface area contributed by atoms with E-state index >= 15 is 0 Å². The minimum Gasteiger partial charge on any atom is -0.473 e. The molecule has 0 unspecified atom stereocenters. The Morgan fingerprint density at radius 2 is 1.91 bits per heavy atom. The number of benzene rings is 1. The Morgan fingerprint density at radius 3 is 2.65 bits per heavy atom. The van der Waals surface area contributed by atoms with Crippen molar-refractivity contribution in [2.75, 3.05) is 11.1 Å². The van der Waals surface area contributed by atoms with Gasteiger partial charge in [-0.2, -0.15) is 4.98 Å². The van der Waals surface area contributed by atoms with E-state index in [1.54, 1.807) is 0 Å². The van der Waals surface area contributed by atoms with Gasteiger partial charge in [0.1, 0.15) is 29.8 Å². The molecule has 1 heterocycles. The molecule has 23 heavy (non-hydrogen) atoms. The smallest absolute Gasteiger partial charge is 0.242 e. The number of nitrogens with one attached hydrogen (secondary N) is 1. The summed E-state index contributed by atoms with van der Waals surface area (Å²) in [6.07, 6.45) is 6.81. The topological polar surface area (TPSA) is 73.1 Å². The van der Waals surface area contributed by atoms with E-state index in [9.17, 15) is 8.78 Å². The van der Waals surface area contributed by atoms with Gasteiger partial charge in [0.05, 0.1) is 5.69 Å². The van der Waals surface area contributed by atoms with Crippen LogP contribution in [-0.2, 0) is 0 Å². The van der Waals surface area contributed by atoms with Gasteiger partial charge in [-0.1, -0.05) is 6.42 Å². The highest BCUT2D eigenvalue weighted by atomic mass is 19.1. The molecule has 1 aromatic carbocycles. The van der Waals surface area contributed by atoms with E-state index in [0.717, 1.165) is 37.8 Å². The van der Waals surface area contributed by atoms with Crippen molar-refractivity contribution in [2.24, 2.45) is 0 Å². The predicted molar refractivity (Wildman–Crippen MR) is 83.6 cm³/mol. The van der Waals surface area contributed by atoms with Crippen molar-refractivity contribution in [1.29, 1.82) is 0 Å². The number of aromatic nitrogens is 2. The van der Waals surface area contributed by atoms with Gasteiger partial charge < -0.3 is 15.8 Å². The Hall–Kier alpha value is -2.44. The third-order valence-electron chi connectivity index (χ3n) is 3.86. The van der Waals surface area contributed by atoms with E-state index in [4.69, 9.17) is 10.5 Å². The summed E-state index contributed by atoms with van der Waals surface area (Å²) in [5.41, 5.74) is 6.31. The summed E-state index contributed by atoms with van der Waals surface area (Å²) < 4.78 is 32.5. The van der Waals surface area contributed by atoms with Crippen LogP contribution in [0, 0.1) is 11.6 Å². The van der Waals surface area contributed by atoms with Crippen molar-refractivity contribution >= 4 is 17.2 Å². The van der Waals surface area contributed by atoms with Crippen LogP contribution in [0.3, 0.4) is 0 Å². The molecule has 1 fully saturated rings. The summed E-state index contributed by atoms with van der Waals surface area (Å²) in [5.74, 6) is -0.851. The molecule has 0 atom stereocenters. The number of nitrogen functional groups attached to an aromatic ring is 1. The molecule has 0 saturated heterocycles. The lowest BCUT2D eigenvalue weighted by Crippen LogP contribution is -2.21. The number of ether oxygens (including phenoxy) is 1. The minimum absolute atomic E-state index is 0.0837. The summed E-state index contributed by atoms with van der Waals surface area (Å²) in [7, 11) is 0. The molecule has 2 aromatic rings. The van der Waals surface area contributed by atoms with Crippen LogP contribution < -0.4 is 15.8 Å². The highest BCUT2D eigenvalue weighted by Gasteiger charge is 2.18. The quantitative estimate of drug-likeness (QED) is 0.896. The minimum atomic E-state index is -0.724. The van der Waals surface area contributed by atoms with E-state index in [1.165, 1.54) is 18.8 Å². The van der Waals surface area contributed by atoms with Crippen LogP contribution in [0.4, 0.5) is 26.0 Å². The lowest BCUT2D eigenvalue weighted by molar-refractivity contribution is 0.149. The molecule has 0 aliphatic heterocycles. The van der Waals surface area contributed by atoms with Crippen LogP contribution >= 0.6 is 0 Å². The van der Waals surface area contributed by atoms with Crippen molar-refractivity contribution in [2.45, 2.75) is 38.2 Å². The molecule has 0 spiro atoms. The Balaban J connectivity index is 1.78. The molecule has 0 radical (unpaired) electrons. The van der Waals surface area contributed by atoms with E-state index < -0.39 is 11.6 Å². The van der Waals surface area contributed by atoms with Crippen LogP contribution in [0.5, 0.6) is 5.88 Å². The standard InChI is InChI=1S/C16H18F2N4O/c17-10-6-7-13(12(18)8-10)22-15-14(19)16(21-9-20-15)23-11-4-2-1-3-5-11/h6-9,11H,1-5,19H2,(H,20,21,22). The number of anilines is 3. The first kappa shape index (κ1) is 15.5. The van der Waals surface area contributed by atoms with E-state index in [0.29, 0.717) is 0 Å². The fourth-order valence-electron chi connectivity index (χ4n) is 2.63. The summed E-state index contributed by atoms with van der Waals surface area (Å²) >= 11 is 0. The largest absolute Gasteiger partial charge is 0.473 e. The molecule has 3 N–H and O–H groups in total. The monoisotopic (exact) mass is 320 g/mol. The summed E-state index contributed by atoms with van der Waals surface area (Å²) in [6, 6.07) is 3.23. The highest BCUT2D eigenvalue weighted by molar-refractivity contribution is 5.72. The maximum absolute atomic E-state index is 13.7. The summed E-state index contributed by atoms with van der Waals surface area (Å²) in [4.78, 5) is 8.06. The van der Waals surface area contributed by atoms with Crippen LogP contribution in [0.15, 0.2) is 24.5 Å². The second-order valence-electron chi connectivity index (χ2n) is 5.57. The Morgan fingerprint density at radius 1 is 1.13 bits per heavy atom. The van der Waals surface area contributed by atoms with Gasteiger partial charge in [-0.3, -0.25) is 0 Å². The second-order valence-corrected chi connectivity index (χ2v) is 5.57. The lowest BCUT2D eigenvalue weighted by atomic mass is 9.98. The van der Waals surface area contributed by atoms with Crippen molar-refractivity contribution in [1.82, 2.24) is 9.97 Å². The van der Waals surface area contributed by atoms with Gasteiger partial charge in [-0.05, 0) is 37.8 Å². The average molecular weight is 320 g/mol. The summed E-state index contributed by atoms with van der Waals surface area (Å²) in [5, 5.41) is 2.75. The van der Waals surface area contributed by atoms with Crippen molar-refractivity contribution in [3.8, 4) is 5.88 Å². The van der Waals surface area contributed by atoms with Gasteiger partial charge in [-0.15, -0.1) is 0 Å². The molecule has 7 heteroatoms. The molecule has 1 aliphatic rings. The van der Waals surface area contributed by atoms with E-state index in [1.807, 2.05) is 0 Å². The van der Waals surface area contributed by atoms with Crippen LogP contribution in [0.25, 0.3) is 0 Å². The number of halogens is 2. The molecule has 5 nitrogen and oxygen atoms in total. The van der Waals surface area contributed by atoms with Crippen molar-refractivity contribution < 1.29 is 13.5 Å². The number of hydrogen-bond acceptors (Lipinski definition) is 5. The SMILES string of the molecule is Nc1c(Nc2ccc(F)cc2F)ncnc1OC1CCCCC1. The van der Waals surface area contributed by atoms with Gasteiger partial charge in [-0.25, -0.2) is 13.8 Å². The zero-order chi connectivity index (χ0) is 16.2. The molecule has 1 saturated carbocycles. The third kappa shape index (κ3) is 3.67. The van der Waals surface area contributed by atoms with E-state index in [-0.39, 0.29) is 29.2 Å². The summed E-state index contributed by atoms with van der Waals surface area (Å²) in [6.45, 7) is 0. The molecule has 122 valence electrons. The van der Waals surface area contributed by atoms with Gasteiger partial charge in [0.2, 0.25) is 5.88 Å². The van der Waals surface area contributed by atoms with Crippen LogP contribution in [0.1, 0.15) is 32.1 Å². The number of nitrogens with zero attached hydrogens (tertiary/aromatic N) is 2. The number of rotatable bonds is 4. The zero-order valence-electron chi connectivity index (χ0n) is 12.6. The second kappa shape index (κ2) is 6.76. The molecule has 3 rings (SSSR count). The van der Waals surface area contributed by atoms with Crippen LogP contribution in [-0.4, -0.2) is 16.1 Å². The molecular formula is C16H18F2N4O. The fraction of sp³-hybridized carbons (Fsp3) is 0.375. The highest BCUT2D eigenvalue weighted by Crippen LogP contribution is 2.31. The Bertz CT molecular complexity index is 690. The fourth-order valence-corrected chi connectivity index (χ4v) is 2.63. The first-order valence-electron chi connectivity index (χ1n) is 7.62. The van der Waals surface area contributed by atoms with Crippen LogP contribution in [0.2, 0.25) is 0 Å². The average Bonchev–Trinajstić information content (AvgIpc) is 2.54. The third-order valence-corrected chi connectivity index (χ3v) is 3.86. The Kier molecular flexibility index (Phi) is 4.55.